The lowest BCUT2D eigenvalue weighted by Crippen LogP contribution is -2.62. The summed E-state index contributed by atoms with van der Waals surface area (Å²) in [5.74, 6) is -0.976. The van der Waals surface area contributed by atoms with E-state index in [2.05, 4.69) is 12.1 Å². The van der Waals surface area contributed by atoms with E-state index >= 15 is 0 Å². The van der Waals surface area contributed by atoms with Gasteiger partial charge in [-0.15, -0.1) is 0 Å². The van der Waals surface area contributed by atoms with E-state index in [4.69, 9.17) is 10.5 Å². The van der Waals surface area contributed by atoms with Crippen LogP contribution in [0, 0.1) is 20.8 Å². The van der Waals surface area contributed by atoms with Crippen LogP contribution in [-0.4, -0.2) is 30.3 Å². The molecular weight excluding hydrogens is 230 g/mol. The van der Waals surface area contributed by atoms with E-state index in [9.17, 15) is 9.90 Å². The van der Waals surface area contributed by atoms with Gasteiger partial charge < -0.3 is 15.6 Å². The molecule has 0 radical (unpaired) electrons. The van der Waals surface area contributed by atoms with Crippen molar-refractivity contribution in [2.75, 3.05) is 13.2 Å². The average Bonchev–Trinajstić information content (AvgIpc) is 2.23. The Morgan fingerprint density at radius 3 is 2.28 bits per heavy atom. The Morgan fingerprint density at radius 1 is 1.28 bits per heavy atom. The van der Waals surface area contributed by atoms with E-state index in [0.717, 1.165) is 16.7 Å². The first-order valence-electron chi connectivity index (χ1n) is 6.03. The zero-order chi connectivity index (χ0) is 13.5. The summed E-state index contributed by atoms with van der Waals surface area (Å²) in [6.45, 7) is 6.83. The summed E-state index contributed by atoms with van der Waals surface area (Å²) in [5.41, 5.74) is 9.74. The predicted molar refractivity (Wildman–Crippen MR) is 68.8 cm³/mol. The Hall–Kier alpha value is -1.39. The summed E-state index contributed by atoms with van der Waals surface area (Å²) < 4.78 is 5.25. The number of carbonyl (C=O) groups is 1. The molecule has 1 aliphatic heterocycles. The van der Waals surface area contributed by atoms with Crippen molar-refractivity contribution >= 4 is 5.97 Å². The van der Waals surface area contributed by atoms with Gasteiger partial charge in [0, 0.05) is 0 Å². The number of aryl methyl sites for hydroxylation is 3. The molecule has 1 saturated heterocycles. The van der Waals surface area contributed by atoms with Crippen LogP contribution in [0.2, 0.25) is 0 Å². The van der Waals surface area contributed by atoms with Gasteiger partial charge in [0.25, 0.3) is 0 Å². The van der Waals surface area contributed by atoms with Crippen molar-refractivity contribution in [2.24, 2.45) is 5.73 Å². The number of aliphatic carboxylic acids is 1. The number of rotatable bonds is 3. The van der Waals surface area contributed by atoms with Crippen LogP contribution in [0.4, 0.5) is 0 Å². The number of carboxylic acid groups (broad SMARTS) is 1. The third kappa shape index (κ3) is 1.82. The third-order valence-corrected chi connectivity index (χ3v) is 3.96. The maximum Gasteiger partial charge on any atom is 0.321 e. The molecule has 0 spiro atoms. The first kappa shape index (κ1) is 13.1. The van der Waals surface area contributed by atoms with E-state index in [-0.39, 0.29) is 0 Å². The molecule has 0 aliphatic carbocycles. The van der Waals surface area contributed by atoms with Crippen molar-refractivity contribution in [1.29, 1.82) is 0 Å². The van der Waals surface area contributed by atoms with Gasteiger partial charge in [-0.1, -0.05) is 12.1 Å². The largest absolute Gasteiger partial charge is 0.480 e. The van der Waals surface area contributed by atoms with E-state index in [1.54, 1.807) is 0 Å². The molecule has 1 aromatic rings. The molecule has 4 heteroatoms. The highest BCUT2D eigenvalue weighted by Gasteiger charge is 2.49. The number of nitrogens with two attached hydrogens (primary N) is 1. The second-order valence-electron chi connectivity index (χ2n) is 5.22. The molecule has 2 rings (SSSR count). The predicted octanol–water partition coefficient (Wildman–Crippen LogP) is 1.29. The first-order chi connectivity index (χ1) is 8.38. The van der Waals surface area contributed by atoms with Crippen molar-refractivity contribution in [3.63, 3.8) is 0 Å². The van der Waals surface area contributed by atoms with Gasteiger partial charge >= 0.3 is 5.97 Å². The number of benzene rings is 1. The minimum atomic E-state index is -0.976. The highest BCUT2D eigenvalue weighted by atomic mass is 16.5. The quantitative estimate of drug-likeness (QED) is 0.846. The normalized spacial score (nSPS) is 19.1. The highest BCUT2D eigenvalue weighted by Crippen LogP contribution is 2.38. The lowest BCUT2D eigenvalue weighted by Gasteiger charge is -2.45. The average molecular weight is 249 g/mol. The smallest absolute Gasteiger partial charge is 0.321 e. The van der Waals surface area contributed by atoms with Gasteiger partial charge in [0.2, 0.25) is 0 Å². The SMILES string of the molecule is Cc1cc(C)c(C2(C(N)C(=O)O)COC2)cc1C. The molecule has 1 atom stereocenters. The Labute approximate surface area is 107 Å². The van der Waals surface area contributed by atoms with Crippen LogP contribution < -0.4 is 5.73 Å². The molecule has 1 fully saturated rings. The summed E-state index contributed by atoms with van der Waals surface area (Å²) in [5, 5.41) is 9.18. The summed E-state index contributed by atoms with van der Waals surface area (Å²) in [6.07, 6.45) is 0. The van der Waals surface area contributed by atoms with Crippen molar-refractivity contribution in [1.82, 2.24) is 0 Å². The summed E-state index contributed by atoms with van der Waals surface area (Å²) in [6, 6.07) is 3.21. The molecule has 0 amide bonds. The van der Waals surface area contributed by atoms with Crippen LogP contribution in [0.15, 0.2) is 12.1 Å². The molecule has 1 unspecified atom stereocenters. The zero-order valence-corrected chi connectivity index (χ0v) is 11.0. The standard InChI is InChI=1S/C14H19NO3/c1-8-4-10(3)11(5-9(8)2)14(6-18-7-14)12(15)13(16)17/h4-5,12H,6-7,15H2,1-3H3,(H,16,17). The van der Waals surface area contributed by atoms with Gasteiger partial charge in [0.15, 0.2) is 0 Å². The minimum Gasteiger partial charge on any atom is -0.480 e. The van der Waals surface area contributed by atoms with Crippen molar-refractivity contribution < 1.29 is 14.6 Å². The van der Waals surface area contributed by atoms with Crippen LogP contribution in [0.25, 0.3) is 0 Å². The number of hydrogen-bond acceptors (Lipinski definition) is 3. The molecule has 0 bridgehead atoms. The summed E-state index contributed by atoms with van der Waals surface area (Å²) >= 11 is 0. The molecule has 0 saturated carbocycles. The van der Waals surface area contributed by atoms with Gasteiger partial charge in [-0.3, -0.25) is 4.79 Å². The number of ether oxygens (including phenoxy) is 1. The Balaban J connectivity index is 2.51. The fraction of sp³-hybridized carbons (Fsp3) is 0.500. The van der Waals surface area contributed by atoms with E-state index < -0.39 is 17.4 Å². The second-order valence-corrected chi connectivity index (χ2v) is 5.22. The maximum atomic E-state index is 11.2. The van der Waals surface area contributed by atoms with Crippen LogP contribution in [0.5, 0.6) is 0 Å². The van der Waals surface area contributed by atoms with Crippen LogP contribution in [0.3, 0.4) is 0 Å². The Kier molecular flexibility index (Phi) is 3.17. The van der Waals surface area contributed by atoms with Crippen LogP contribution in [-0.2, 0) is 14.9 Å². The summed E-state index contributed by atoms with van der Waals surface area (Å²) in [4.78, 5) is 11.2. The molecule has 1 heterocycles. The number of hydrogen-bond donors (Lipinski definition) is 2. The first-order valence-corrected chi connectivity index (χ1v) is 6.03. The maximum absolute atomic E-state index is 11.2. The van der Waals surface area contributed by atoms with Gasteiger partial charge in [0.05, 0.1) is 18.6 Å². The second kappa shape index (κ2) is 4.37. The van der Waals surface area contributed by atoms with Crippen LogP contribution >= 0.6 is 0 Å². The number of carboxylic acids is 1. The molecule has 1 aliphatic rings. The third-order valence-electron chi connectivity index (χ3n) is 3.96. The molecule has 3 N–H and O–H groups in total. The zero-order valence-electron chi connectivity index (χ0n) is 11.0. The monoisotopic (exact) mass is 249 g/mol. The highest BCUT2D eigenvalue weighted by molar-refractivity contribution is 5.76. The van der Waals surface area contributed by atoms with Gasteiger partial charge in [-0.05, 0) is 43.0 Å². The summed E-state index contributed by atoms with van der Waals surface area (Å²) in [7, 11) is 0. The fourth-order valence-corrected chi connectivity index (χ4v) is 2.56. The lowest BCUT2D eigenvalue weighted by molar-refractivity contribution is -0.148. The molecule has 0 aromatic heterocycles. The van der Waals surface area contributed by atoms with Crippen LogP contribution in [0.1, 0.15) is 22.3 Å². The van der Waals surface area contributed by atoms with Crippen molar-refractivity contribution in [3.05, 3.63) is 34.4 Å². The van der Waals surface area contributed by atoms with Gasteiger partial charge in [0.1, 0.15) is 6.04 Å². The molecular formula is C14H19NO3. The van der Waals surface area contributed by atoms with Crippen molar-refractivity contribution in [3.8, 4) is 0 Å². The van der Waals surface area contributed by atoms with E-state index in [1.807, 2.05) is 20.8 Å². The topological polar surface area (TPSA) is 72.6 Å². The minimum absolute atomic E-state index is 0.379. The Bertz CT molecular complexity index is 492. The lowest BCUT2D eigenvalue weighted by atomic mass is 9.70. The van der Waals surface area contributed by atoms with Crippen molar-refractivity contribution in [2.45, 2.75) is 32.2 Å². The van der Waals surface area contributed by atoms with Gasteiger partial charge in [-0.2, -0.15) is 0 Å². The Morgan fingerprint density at radius 2 is 1.83 bits per heavy atom. The van der Waals surface area contributed by atoms with Gasteiger partial charge in [-0.25, -0.2) is 0 Å². The van der Waals surface area contributed by atoms with E-state index in [1.165, 1.54) is 5.56 Å². The molecule has 98 valence electrons. The van der Waals surface area contributed by atoms with E-state index in [0.29, 0.717) is 13.2 Å². The fourth-order valence-electron chi connectivity index (χ4n) is 2.56. The molecule has 18 heavy (non-hydrogen) atoms. The molecule has 1 aromatic carbocycles. The molecule has 4 nitrogen and oxygen atoms in total.